The van der Waals surface area contributed by atoms with Crippen LogP contribution in [0.3, 0.4) is 0 Å². The number of allylic oxidation sites excluding steroid dienone is 4. The Morgan fingerprint density at radius 3 is 1.82 bits per heavy atom. The second-order valence-corrected chi connectivity index (χ2v) is 14.8. The van der Waals surface area contributed by atoms with Crippen LogP contribution < -0.4 is 5.73 Å². The number of amides is 1. The minimum absolute atomic E-state index is 0.201. The van der Waals surface area contributed by atoms with Crippen molar-refractivity contribution in [2.24, 2.45) is 28.0 Å². The molecule has 3 N–H and O–H groups in total. The monoisotopic (exact) mass is 757 g/mol. The summed E-state index contributed by atoms with van der Waals surface area (Å²) in [5.74, 6) is -0.132. The number of primary amides is 1. The molecule has 10 heteroatoms. The molecule has 0 aliphatic carbocycles. The summed E-state index contributed by atoms with van der Waals surface area (Å²) >= 11 is 12.3. The van der Waals surface area contributed by atoms with Gasteiger partial charge in [0.05, 0.1) is 5.71 Å². The molecule has 1 fully saturated rings. The summed E-state index contributed by atoms with van der Waals surface area (Å²) in [4.78, 5) is 40.2. The molecule has 1 aliphatic heterocycles. The van der Waals surface area contributed by atoms with Gasteiger partial charge in [-0.25, -0.2) is 0 Å². The molecule has 0 saturated carbocycles. The van der Waals surface area contributed by atoms with Crippen molar-refractivity contribution in [2.45, 2.75) is 134 Å². The van der Waals surface area contributed by atoms with Crippen molar-refractivity contribution in [3.63, 3.8) is 0 Å². The van der Waals surface area contributed by atoms with Gasteiger partial charge in [-0.1, -0.05) is 143 Å². The number of aliphatic carboxylic acids is 1. The number of carbonyl (C=O) groups is 3. The molecule has 1 aromatic carbocycles. The molecule has 0 aromatic heterocycles. The summed E-state index contributed by atoms with van der Waals surface area (Å²) in [6.07, 6.45) is 8.74. The molecule has 296 valence electrons. The quantitative estimate of drug-likeness (QED) is 0.132. The largest absolute Gasteiger partial charge is 0.481 e. The Morgan fingerprint density at radius 2 is 1.47 bits per heavy atom. The van der Waals surface area contributed by atoms with E-state index in [9.17, 15) is 9.59 Å². The Balaban J connectivity index is -0.000000584. The molecule has 2 rings (SSSR count). The first-order valence-corrected chi connectivity index (χ1v) is 19.1. The predicted octanol–water partition coefficient (Wildman–Crippen LogP) is 10.7. The molecular weight excluding hydrogens is 683 g/mol. The van der Waals surface area contributed by atoms with E-state index < -0.39 is 11.6 Å². The van der Waals surface area contributed by atoms with Gasteiger partial charge >= 0.3 is 5.97 Å². The predicted molar refractivity (Wildman–Crippen MR) is 223 cm³/mol. The average Bonchev–Trinajstić information content (AvgIpc) is 3.06. The first-order chi connectivity index (χ1) is 23.8. The average molecular weight is 758 g/mol. The van der Waals surface area contributed by atoms with E-state index in [-0.39, 0.29) is 30.2 Å². The molecule has 51 heavy (non-hydrogen) atoms. The minimum atomic E-state index is -0.745. The zero-order chi connectivity index (χ0) is 40.8. The van der Waals surface area contributed by atoms with Crippen LogP contribution in [-0.4, -0.2) is 72.1 Å². The molecule has 2 atom stereocenters. The Hall–Kier alpha value is -2.52. The lowest BCUT2D eigenvalue weighted by Gasteiger charge is -2.48. The topological polar surface area (TPSA) is 116 Å². The number of carboxylic acid groups (broad SMARTS) is 1. The number of nitrogens with two attached hydrogens (primary N) is 1. The Kier molecular flexibility index (Phi) is 34.8. The Labute approximate surface area is 322 Å². The zero-order valence-corrected chi connectivity index (χ0v) is 36.2. The number of rotatable bonds is 11. The summed E-state index contributed by atoms with van der Waals surface area (Å²) in [6, 6.07) is 10.9. The number of hydrogen-bond acceptors (Lipinski definition) is 6. The second kappa shape index (κ2) is 32.2. The summed E-state index contributed by atoms with van der Waals surface area (Å²) in [5.41, 5.74) is 5.74. The van der Waals surface area contributed by atoms with Gasteiger partial charge in [-0.05, 0) is 69.7 Å². The smallest absolute Gasteiger partial charge is 0.303 e. The van der Waals surface area contributed by atoms with E-state index in [1.165, 1.54) is 5.56 Å². The van der Waals surface area contributed by atoms with Crippen LogP contribution in [0.25, 0.3) is 0 Å². The van der Waals surface area contributed by atoms with Crippen molar-refractivity contribution in [3.05, 3.63) is 58.1 Å². The number of aliphatic imine (C=N–C) groups is 1. The van der Waals surface area contributed by atoms with Gasteiger partial charge < -0.3 is 15.7 Å². The van der Waals surface area contributed by atoms with Crippen LogP contribution in [0, 0.1) is 17.3 Å². The lowest BCUT2D eigenvalue weighted by Crippen LogP contribution is -2.54. The third-order valence-electron chi connectivity index (χ3n) is 7.24. The van der Waals surface area contributed by atoms with Crippen molar-refractivity contribution < 1.29 is 19.5 Å². The molecular formula is C41H74Cl2N4O4. The number of nitrogens with zero attached hydrogens (tertiary/aromatic N) is 3. The molecule has 0 radical (unpaired) electrons. The summed E-state index contributed by atoms with van der Waals surface area (Å²) < 4.78 is 0. The molecule has 2 unspecified atom stereocenters. The van der Waals surface area contributed by atoms with E-state index in [0.29, 0.717) is 15.8 Å². The zero-order valence-electron chi connectivity index (χ0n) is 34.7. The maximum atomic E-state index is 12.3. The summed E-state index contributed by atoms with van der Waals surface area (Å²) in [5, 5.41) is 8.83. The highest BCUT2D eigenvalue weighted by atomic mass is 35.5. The lowest BCUT2D eigenvalue weighted by molar-refractivity contribution is -0.136. The fourth-order valence-corrected chi connectivity index (χ4v) is 5.20. The van der Waals surface area contributed by atoms with Gasteiger partial charge in [-0.2, -0.15) is 0 Å². The first kappa shape index (κ1) is 55.2. The molecule has 0 spiro atoms. The van der Waals surface area contributed by atoms with Crippen molar-refractivity contribution in [1.29, 1.82) is 0 Å². The third kappa shape index (κ3) is 28.7. The normalized spacial score (nSPS) is 15.7. The molecule has 1 aromatic rings. The van der Waals surface area contributed by atoms with Gasteiger partial charge in [0, 0.05) is 41.5 Å². The second-order valence-electron chi connectivity index (χ2n) is 13.8. The van der Waals surface area contributed by atoms with E-state index in [0.717, 1.165) is 51.0 Å². The van der Waals surface area contributed by atoms with Gasteiger partial charge in [-0.3, -0.25) is 24.3 Å². The van der Waals surface area contributed by atoms with Crippen LogP contribution in [0.4, 0.5) is 0 Å². The fraction of sp³-hybridized carbons (Fsp3) is 0.659. The van der Waals surface area contributed by atoms with Crippen LogP contribution in [0.2, 0.25) is 0 Å². The SMILES string of the molecule is C/C(Cl)=C\C(Cl)=C/C(C)/C(C=O)=N/C1(N(C)C(CCC(C)(C)C)c2ccccc2)CCN(C)CC1.CC.CC.CC(C)C.CCC(=O)O.NC=O. The number of carboxylic acids is 1. The van der Waals surface area contributed by atoms with Crippen LogP contribution in [0.15, 0.2) is 57.5 Å². The Bertz CT molecular complexity index is 1120. The minimum Gasteiger partial charge on any atom is -0.481 e. The highest BCUT2D eigenvalue weighted by Crippen LogP contribution is 2.40. The van der Waals surface area contributed by atoms with Crippen LogP contribution in [-0.2, 0) is 14.4 Å². The third-order valence-corrected chi connectivity index (χ3v) is 7.58. The number of likely N-dealkylation sites (tertiary alicyclic amines) is 1. The molecule has 8 nitrogen and oxygen atoms in total. The van der Waals surface area contributed by atoms with Gasteiger partial charge in [0.25, 0.3) is 0 Å². The van der Waals surface area contributed by atoms with E-state index in [4.69, 9.17) is 38.1 Å². The fourth-order valence-electron chi connectivity index (χ4n) is 4.68. The number of hydrogen-bond donors (Lipinski definition) is 2. The lowest BCUT2D eigenvalue weighted by atomic mass is 9.85. The highest BCUT2D eigenvalue weighted by molar-refractivity contribution is 6.35. The van der Waals surface area contributed by atoms with Gasteiger partial charge in [0.1, 0.15) is 5.66 Å². The van der Waals surface area contributed by atoms with E-state index in [2.05, 4.69) is 102 Å². The molecule has 0 bridgehead atoms. The van der Waals surface area contributed by atoms with Gasteiger partial charge in [0.15, 0.2) is 6.29 Å². The van der Waals surface area contributed by atoms with Gasteiger partial charge in [-0.15, -0.1) is 0 Å². The van der Waals surface area contributed by atoms with Crippen LogP contribution in [0.1, 0.15) is 134 Å². The maximum Gasteiger partial charge on any atom is 0.303 e. The Morgan fingerprint density at radius 1 is 1.04 bits per heavy atom. The molecule has 1 heterocycles. The standard InChI is InChI=1S/C29H43Cl2N3O.C4H10.C3H6O2.2C2H6.CH3NO/c1-22(19-25(31)20-23(2)30)26(21-35)32-29(15-17-33(6)18-16-29)34(7)27(13-14-28(3,4)5)24-11-9-8-10-12-24;1-4(2)3;1-2-3(4)5;2*1-2;2-1-3/h8-12,19-22,27H,13-18H2,1-7H3;4H,1-3H3;2H2,1H3,(H,4,5);2*1-2H3;1H,(H2,2,3)/b23-20+,25-19+,32-26+;;;;;. The number of benzene rings is 1. The van der Waals surface area contributed by atoms with E-state index >= 15 is 0 Å². The molecule has 1 aliphatic rings. The number of piperidine rings is 1. The van der Waals surface area contributed by atoms with E-state index in [1.54, 1.807) is 19.9 Å². The number of carbonyl (C=O) groups excluding carboxylic acids is 2. The van der Waals surface area contributed by atoms with Crippen LogP contribution >= 0.6 is 23.2 Å². The molecule has 1 saturated heterocycles. The van der Waals surface area contributed by atoms with Crippen molar-refractivity contribution >= 4 is 47.6 Å². The van der Waals surface area contributed by atoms with Gasteiger partial charge in [0.2, 0.25) is 6.41 Å². The number of halogens is 2. The summed E-state index contributed by atoms with van der Waals surface area (Å²) in [6.45, 7) is 28.6. The number of aldehydes is 1. The molecule has 1 amide bonds. The van der Waals surface area contributed by atoms with Crippen molar-refractivity contribution in [3.8, 4) is 0 Å². The first-order valence-electron chi connectivity index (χ1n) is 18.4. The van der Waals surface area contributed by atoms with Crippen LogP contribution in [0.5, 0.6) is 0 Å². The highest BCUT2D eigenvalue weighted by Gasteiger charge is 2.41. The maximum absolute atomic E-state index is 12.3. The van der Waals surface area contributed by atoms with Crippen molar-refractivity contribution in [1.82, 2.24) is 9.80 Å². The van der Waals surface area contributed by atoms with Crippen molar-refractivity contribution in [2.75, 3.05) is 27.2 Å². The van der Waals surface area contributed by atoms with E-state index in [1.807, 2.05) is 40.7 Å². The summed E-state index contributed by atoms with van der Waals surface area (Å²) in [7, 11) is 4.33.